The van der Waals surface area contributed by atoms with E-state index in [-0.39, 0.29) is 11.3 Å². The molecule has 0 heterocycles. The Morgan fingerprint density at radius 1 is 1.14 bits per heavy atom. The summed E-state index contributed by atoms with van der Waals surface area (Å²) in [4.78, 5) is 0. The Morgan fingerprint density at radius 3 is 2.23 bits per heavy atom. The second kappa shape index (κ2) is 6.31. The average molecular weight is 397 g/mol. The van der Waals surface area contributed by atoms with Crippen LogP contribution in [-0.2, 0) is 0 Å². The van der Waals surface area contributed by atoms with E-state index >= 15 is 0 Å². The van der Waals surface area contributed by atoms with E-state index in [2.05, 4.69) is 21.0 Å². The lowest BCUT2D eigenvalue weighted by molar-refractivity contribution is -0.361. The molecule has 0 aromatic heterocycles. The molecule has 1 N–H and O–H groups in total. The summed E-state index contributed by atoms with van der Waals surface area (Å²) in [6, 6.07) is -1.32. The molecule has 0 amide bonds. The predicted molar refractivity (Wildman–Crippen MR) is 67.4 cm³/mol. The van der Waals surface area contributed by atoms with Gasteiger partial charge in [0.15, 0.2) is 0 Å². The lowest BCUT2D eigenvalue weighted by Gasteiger charge is -2.27. The third-order valence-corrected chi connectivity index (χ3v) is 2.84. The molecule has 0 bridgehead atoms. The van der Waals surface area contributed by atoms with E-state index in [9.17, 15) is 30.7 Å². The lowest BCUT2D eigenvalue weighted by Crippen LogP contribution is -2.58. The summed E-state index contributed by atoms with van der Waals surface area (Å²) in [6.07, 6.45) is -5.80. The van der Waals surface area contributed by atoms with Crippen molar-refractivity contribution in [3.05, 3.63) is 28.2 Å². The highest BCUT2D eigenvalue weighted by Gasteiger charge is 2.73. The average Bonchev–Trinajstić information content (AvgIpc) is 2.37. The van der Waals surface area contributed by atoms with Crippen molar-refractivity contribution in [2.45, 2.75) is 18.1 Å². The third kappa shape index (κ3) is 3.81. The fraction of sp³-hybridized carbons (Fsp3) is 0.364. The Balaban J connectivity index is 2.96. The van der Waals surface area contributed by atoms with Gasteiger partial charge in [-0.15, -0.1) is 0 Å². The van der Waals surface area contributed by atoms with Crippen LogP contribution >= 0.6 is 15.9 Å². The van der Waals surface area contributed by atoms with Gasteiger partial charge in [-0.25, -0.2) is 5.43 Å². The van der Waals surface area contributed by atoms with E-state index in [0.717, 1.165) is 0 Å². The molecule has 0 aliphatic heterocycles. The van der Waals surface area contributed by atoms with Crippen LogP contribution in [0.25, 0.3) is 0 Å². The molecule has 11 heteroatoms. The number of ether oxygens (including phenoxy) is 1. The molecule has 22 heavy (non-hydrogen) atoms. The molecule has 1 aromatic rings. The Hall–Kier alpha value is -1.52. The van der Waals surface area contributed by atoms with Gasteiger partial charge in [0.2, 0.25) is 0 Å². The lowest BCUT2D eigenvalue weighted by atomic mass is 10.2. The van der Waals surface area contributed by atoms with Gasteiger partial charge in [-0.05, 0) is 18.2 Å². The van der Waals surface area contributed by atoms with Crippen LogP contribution in [0.3, 0.4) is 0 Å². The number of halogens is 8. The highest BCUT2D eigenvalue weighted by atomic mass is 79.9. The van der Waals surface area contributed by atoms with Crippen molar-refractivity contribution in [1.82, 2.24) is 5.43 Å². The van der Waals surface area contributed by atoms with E-state index in [1.165, 1.54) is 25.3 Å². The molecule has 0 fully saturated rings. The van der Waals surface area contributed by atoms with Crippen LogP contribution < -0.4 is 10.2 Å². The number of hydrogen-bond acceptors (Lipinski definition) is 3. The molecule has 1 aromatic carbocycles. The first kappa shape index (κ1) is 18.5. The molecule has 3 nitrogen and oxygen atoms in total. The summed E-state index contributed by atoms with van der Waals surface area (Å²) in [7, 11) is 1.25. The zero-order chi connectivity index (χ0) is 17.2. The van der Waals surface area contributed by atoms with Gasteiger partial charge in [-0.3, -0.25) is 0 Å². The largest absolute Gasteiger partial charge is 0.496 e. The third-order valence-electron chi connectivity index (χ3n) is 2.35. The minimum atomic E-state index is -6.42. The summed E-state index contributed by atoms with van der Waals surface area (Å²) in [6.45, 7) is 0. The maximum atomic E-state index is 12.9. The molecule has 0 spiro atoms. The molecular formula is C11H8BrF7N2O. The molecule has 0 radical (unpaired) electrons. The molecule has 1 rings (SSSR count). The first-order chi connectivity index (χ1) is 9.92. The zero-order valence-corrected chi connectivity index (χ0v) is 12.3. The molecular weight excluding hydrogens is 389 g/mol. The van der Waals surface area contributed by atoms with Crippen molar-refractivity contribution >= 4 is 22.1 Å². The Labute approximate surface area is 128 Å². The van der Waals surface area contributed by atoms with Crippen LogP contribution in [0.4, 0.5) is 30.7 Å². The van der Waals surface area contributed by atoms with Gasteiger partial charge in [0.25, 0.3) is 0 Å². The minimum Gasteiger partial charge on any atom is -0.496 e. The van der Waals surface area contributed by atoms with Crippen LogP contribution in [0.2, 0.25) is 0 Å². The van der Waals surface area contributed by atoms with Gasteiger partial charge in [0, 0.05) is 10.0 Å². The Kier molecular flexibility index (Phi) is 5.31. The normalized spacial score (nSPS) is 13.5. The summed E-state index contributed by atoms with van der Waals surface area (Å²) in [5.41, 5.74) is 0.599. The predicted octanol–water partition coefficient (Wildman–Crippen LogP) is 4.17. The van der Waals surface area contributed by atoms with E-state index in [0.29, 0.717) is 16.1 Å². The maximum absolute atomic E-state index is 12.9. The van der Waals surface area contributed by atoms with Crippen LogP contribution in [0.5, 0.6) is 5.75 Å². The van der Waals surface area contributed by atoms with E-state index < -0.39 is 18.1 Å². The standard InChI is InChI=1S/C11H8BrF7N2O/c1-22-8-3-2-7(12)4-6(8)5-20-21-11(18,19)9(13,14)10(15,16)17/h2-5,21H,1H3/b20-5-. The number of methoxy groups -OCH3 is 1. The fourth-order valence-corrected chi connectivity index (χ4v) is 1.62. The van der Waals surface area contributed by atoms with Gasteiger partial charge in [-0.2, -0.15) is 35.8 Å². The highest BCUT2D eigenvalue weighted by Crippen LogP contribution is 2.44. The smallest absolute Gasteiger partial charge is 0.462 e. The fourth-order valence-electron chi connectivity index (χ4n) is 1.24. The van der Waals surface area contributed by atoms with Crippen LogP contribution in [0.1, 0.15) is 5.56 Å². The summed E-state index contributed by atoms with van der Waals surface area (Å²) < 4.78 is 92.1. The van der Waals surface area contributed by atoms with Crippen molar-refractivity contribution in [3.8, 4) is 5.75 Å². The Bertz CT molecular complexity index is 560. The van der Waals surface area contributed by atoms with Crippen molar-refractivity contribution in [2.75, 3.05) is 7.11 Å². The first-order valence-corrected chi connectivity index (χ1v) is 6.18. The topological polar surface area (TPSA) is 33.6 Å². The van der Waals surface area contributed by atoms with Crippen LogP contribution in [0.15, 0.2) is 27.8 Å². The molecule has 0 saturated heterocycles. The molecule has 0 aliphatic rings. The van der Waals surface area contributed by atoms with Crippen molar-refractivity contribution in [2.24, 2.45) is 5.10 Å². The number of alkyl halides is 7. The van der Waals surface area contributed by atoms with Crippen LogP contribution in [0, 0.1) is 0 Å². The molecule has 0 atom stereocenters. The summed E-state index contributed by atoms with van der Waals surface area (Å²) >= 11 is 3.06. The first-order valence-electron chi connectivity index (χ1n) is 5.38. The van der Waals surface area contributed by atoms with E-state index in [1.54, 1.807) is 0 Å². The second-order valence-electron chi connectivity index (χ2n) is 3.90. The number of hydrogen-bond donors (Lipinski definition) is 1. The van der Waals surface area contributed by atoms with Gasteiger partial charge < -0.3 is 4.74 Å². The maximum Gasteiger partial charge on any atom is 0.462 e. The summed E-state index contributed by atoms with van der Waals surface area (Å²) in [5, 5.41) is 2.74. The number of benzene rings is 1. The van der Waals surface area contributed by atoms with Crippen molar-refractivity contribution in [1.29, 1.82) is 0 Å². The highest BCUT2D eigenvalue weighted by molar-refractivity contribution is 9.10. The van der Waals surface area contributed by atoms with Gasteiger partial charge >= 0.3 is 18.1 Å². The van der Waals surface area contributed by atoms with Gasteiger partial charge in [0.1, 0.15) is 5.75 Å². The van der Waals surface area contributed by atoms with E-state index in [4.69, 9.17) is 4.74 Å². The molecule has 124 valence electrons. The van der Waals surface area contributed by atoms with Gasteiger partial charge in [-0.1, -0.05) is 15.9 Å². The molecule has 0 saturated carbocycles. The SMILES string of the molecule is COc1ccc(Br)cc1/C=N\NC(F)(F)C(F)(F)C(F)(F)F. The Morgan fingerprint density at radius 2 is 1.73 bits per heavy atom. The van der Waals surface area contributed by atoms with Gasteiger partial charge in [0.05, 0.1) is 13.3 Å². The van der Waals surface area contributed by atoms with Crippen molar-refractivity contribution in [3.63, 3.8) is 0 Å². The van der Waals surface area contributed by atoms with Crippen molar-refractivity contribution < 1.29 is 35.5 Å². The zero-order valence-electron chi connectivity index (χ0n) is 10.7. The van der Waals surface area contributed by atoms with E-state index in [1.807, 2.05) is 0 Å². The monoisotopic (exact) mass is 396 g/mol. The summed E-state index contributed by atoms with van der Waals surface area (Å²) in [5.74, 6) is -6.13. The quantitative estimate of drug-likeness (QED) is 0.350. The van der Waals surface area contributed by atoms with Crippen LogP contribution in [-0.4, -0.2) is 31.5 Å². The number of hydrazone groups is 1. The number of nitrogens with zero attached hydrogens (tertiary/aromatic N) is 1. The molecule has 0 aliphatic carbocycles. The second-order valence-corrected chi connectivity index (χ2v) is 4.82. The molecule has 0 unspecified atom stereocenters. The minimum absolute atomic E-state index is 0.0792. The number of rotatable bonds is 5. The number of nitrogens with one attached hydrogen (secondary N) is 1.